The largest absolute Gasteiger partial charge is 0.508 e. The van der Waals surface area contributed by atoms with Gasteiger partial charge in [-0.05, 0) is 100 Å². The second-order valence-corrected chi connectivity index (χ2v) is 9.02. The Bertz CT molecular complexity index is 1370. The van der Waals surface area contributed by atoms with Gasteiger partial charge in [0.05, 0.1) is 11.4 Å². The molecule has 0 amide bonds. The molecule has 0 saturated carbocycles. The Morgan fingerprint density at radius 3 is 1.74 bits per heavy atom. The zero-order valence-electron chi connectivity index (χ0n) is 21.0. The van der Waals surface area contributed by atoms with Crippen molar-refractivity contribution in [1.29, 1.82) is 0 Å². The highest BCUT2D eigenvalue weighted by Gasteiger charge is 2.21. The molecule has 0 fully saturated rings. The molecule has 4 rings (SSSR count). The van der Waals surface area contributed by atoms with Crippen molar-refractivity contribution in [3.05, 3.63) is 94.0 Å². The van der Waals surface area contributed by atoms with Crippen molar-refractivity contribution in [2.45, 2.75) is 41.5 Å². The molecule has 3 N–H and O–H groups in total. The highest BCUT2D eigenvalue weighted by Crippen LogP contribution is 2.44. The van der Waals surface area contributed by atoms with E-state index in [2.05, 4.69) is 0 Å². The van der Waals surface area contributed by atoms with Crippen LogP contribution in [0.25, 0.3) is 0 Å². The fourth-order valence-electron chi connectivity index (χ4n) is 4.25. The average molecular weight is 470 g/mol. The molecule has 5 nitrogen and oxygen atoms in total. The van der Waals surface area contributed by atoms with Crippen LogP contribution in [0, 0.1) is 41.5 Å². The quantitative estimate of drug-likeness (QED) is 0.277. The lowest BCUT2D eigenvalue weighted by molar-refractivity contribution is 0.457. The van der Waals surface area contributed by atoms with E-state index in [1.807, 2.05) is 95.0 Å². The Labute approximate surface area is 206 Å². The molecule has 4 aromatic carbocycles. The Kier molecular flexibility index (Phi) is 6.35. The number of rotatable bonds is 5. The van der Waals surface area contributed by atoms with Crippen molar-refractivity contribution >= 4 is 17.1 Å². The van der Waals surface area contributed by atoms with Gasteiger partial charge in [0.2, 0.25) is 0 Å². The third kappa shape index (κ3) is 4.37. The van der Waals surface area contributed by atoms with Crippen LogP contribution in [0.15, 0.2) is 60.7 Å². The Morgan fingerprint density at radius 1 is 0.600 bits per heavy atom. The predicted molar refractivity (Wildman–Crippen MR) is 141 cm³/mol. The molecule has 0 atom stereocenters. The summed E-state index contributed by atoms with van der Waals surface area (Å²) in [4.78, 5) is 2.02. The van der Waals surface area contributed by atoms with Crippen LogP contribution in [0.2, 0.25) is 0 Å². The Balaban J connectivity index is 1.88. The van der Waals surface area contributed by atoms with E-state index >= 15 is 0 Å². The van der Waals surface area contributed by atoms with Gasteiger partial charge < -0.3 is 25.0 Å². The van der Waals surface area contributed by atoms with Crippen LogP contribution in [-0.4, -0.2) is 15.3 Å². The van der Waals surface area contributed by atoms with Gasteiger partial charge >= 0.3 is 0 Å². The smallest absolute Gasteiger partial charge is 0.130 e. The van der Waals surface area contributed by atoms with Gasteiger partial charge in [-0.1, -0.05) is 18.2 Å². The lowest BCUT2D eigenvalue weighted by Crippen LogP contribution is -2.13. The van der Waals surface area contributed by atoms with Crippen LogP contribution in [0.5, 0.6) is 28.7 Å². The molecule has 0 heterocycles. The monoisotopic (exact) mass is 469 g/mol. The number of benzene rings is 4. The minimum absolute atomic E-state index is 0.235. The first-order chi connectivity index (χ1) is 16.6. The second kappa shape index (κ2) is 9.26. The number of ether oxygens (including phenoxy) is 1. The summed E-state index contributed by atoms with van der Waals surface area (Å²) >= 11 is 0. The van der Waals surface area contributed by atoms with Gasteiger partial charge in [-0.3, -0.25) is 0 Å². The predicted octanol–water partition coefficient (Wildman–Crippen LogP) is 7.92. The van der Waals surface area contributed by atoms with E-state index in [0.29, 0.717) is 11.5 Å². The minimum Gasteiger partial charge on any atom is -0.508 e. The summed E-state index contributed by atoms with van der Waals surface area (Å²) in [5.41, 5.74) is 7.12. The third-order valence-corrected chi connectivity index (χ3v) is 6.70. The van der Waals surface area contributed by atoms with Crippen molar-refractivity contribution in [1.82, 2.24) is 0 Å². The van der Waals surface area contributed by atoms with Crippen LogP contribution >= 0.6 is 0 Å². The first kappa shape index (κ1) is 24.0. The van der Waals surface area contributed by atoms with E-state index < -0.39 is 0 Å². The highest BCUT2D eigenvalue weighted by atomic mass is 16.5. The molecule has 0 bridgehead atoms. The maximum atomic E-state index is 10.7. The van der Waals surface area contributed by atoms with Crippen LogP contribution in [0.4, 0.5) is 17.1 Å². The number of aryl methyl sites for hydroxylation is 2. The topological polar surface area (TPSA) is 73.2 Å². The molecule has 0 saturated heterocycles. The van der Waals surface area contributed by atoms with Gasteiger partial charge in [0.25, 0.3) is 0 Å². The number of hydrogen-bond acceptors (Lipinski definition) is 5. The van der Waals surface area contributed by atoms with Crippen LogP contribution < -0.4 is 9.64 Å². The lowest BCUT2D eigenvalue weighted by Gasteiger charge is -2.30. The summed E-state index contributed by atoms with van der Waals surface area (Å²) in [6, 6.07) is 18.8. The maximum Gasteiger partial charge on any atom is 0.130 e. The summed E-state index contributed by atoms with van der Waals surface area (Å²) in [6.45, 7) is 11.3. The highest BCUT2D eigenvalue weighted by molar-refractivity contribution is 5.83. The van der Waals surface area contributed by atoms with Gasteiger partial charge in [-0.15, -0.1) is 0 Å². The molecule has 0 radical (unpaired) electrons. The fourth-order valence-corrected chi connectivity index (χ4v) is 4.25. The zero-order valence-corrected chi connectivity index (χ0v) is 21.0. The van der Waals surface area contributed by atoms with Crippen LogP contribution in [0.3, 0.4) is 0 Å². The molecule has 180 valence electrons. The van der Waals surface area contributed by atoms with Crippen LogP contribution in [-0.2, 0) is 0 Å². The van der Waals surface area contributed by atoms with Gasteiger partial charge in [-0.25, -0.2) is 0 Å². The van der Waals surface area contributed by atoms with E-state index in [0.717, 1.165) is 50.4 Å². The summed E-state index contributed by atoms with van der Waals surface area (Å²) in [7, 11) is 0. The Hall–Kier alpha value is -4.12. The van der Waals surface area contributed by atoms with Crippen molar-refractivity contribution in [2.24, 2.45) is 0 Å². The number of anilines is 3. The molecule has 4 aromatic rings. The normalized spacial score (nSPS) is 10.9. The summed E-state index contributed by atoms with van der Waals surface area (Å²) in [5.74, 6) is 2.01. The first-order valence-electron chi connectivity index (χ1n) is 11.6. The molecule has 0 aliphatic carbocycles. The van der Waals surface area contributed by atoms with E-state index in [9.17, 15) is 15.3 Å². The fraction of sp³-hybridized carbons (Fsp3) is 0.200. The van der Waals surface area contributed by atoms with Gasteiger partial charge in [0.1, 0.15) is 28.7 Å². The SMILES string of the molecule is Cc1ccc(N(c2cccc(Oc3ccc(O)c(C)c3C)c2)c2ccc(C)c(O)c2C)c(C)c1O. The van der Waals surface area contributed by atoms with Crippen molar-refractivity contribution in [3.63, 3.8) is 0 Å². The second-order valence-electron chi connectivity index (χ2n) is 9.02. The van der Waals surface area contributed by atoms with Crippen molar-refractivity contribution in [2.75, 3.05) is 4.90 Å². The van der Waals surface area contributed by atoms with E-state index in [4.69, 9.17) is 4.74 Å². The molecule has 0 aliphatic heterocycles. The molecule has 0 aliphatic rings. The van der Waals surface area contributed by atoms with Gasteiger partial charge in [0.15, 0.2) is 0 Å². The molecule has 0 spiro atoms. The lowest BCUT2D eigenvalue weighted by atomic mass is 10.0. The molecule has 0 aromatic heterocycles. The molecular formula is C30H31NO4. The molecule has 5 heteroatoms. The molecule has 0 unspecified atom stereocenters. The minimum atomic E-state index is 0.235. The van der Waals surface area contributed by atoms with Crippen LogP contribution in [0.1, 0.15) is 33.4 Å². The Morgan fingerprint density at radius 2 is 1.17 bits per heavy atom. The van der Waals surface area contributed by atoms with E-state index in [-0.39, 0.29) is 17.2 Å². The van der Waals surface area contributed by atoms with E-state index in [1.165, 1.54) is 0 Å². The standard InChI is InChI=1S/C30H31NO4/c1-17-10-12-25(21(5)29(17)33)31(26-13-11-18(2)30(34)22(26)6)23-8-7-9-24(16-23)35-28-15-14-27(32)19(3)20(28)4/h7-16,32-34H,1-6H3. The van der Waals surface area contributed by atoms with Crippen molar-refractivity contribution < 1.29 is 20.1 Å². The van der Waals surface area contributed by atoms with Crippen molar-refractivity contribution in [3.8, 4) is 28.7 Å². The average Bonchev–Trinajstić information content (AvgIpc) is 2.84. The number of hydrogen-bond donors (Lipinski definition) is 3. The maximum absolute atomic E-state index is 10.7. The molecular weight excluding hydrogens is 438 g/mol. The summed E-state index contributed by atoms with van der Waals surface area (Å²) < 4.78 is 6.22. The summed E-state index contributed by atoms with van der Waals surface area (Å²) in [6.07, 6.45) is 0. The van der Waals surface area contributed by atoms with Gasteiger partial charge in [-0.2, -0.15) is 0 Å². The number of aromatic hydroxyl groups is 3. The third-order valence-electron chi connectivity index (χ3n) is 6.70. The first-order valence-corrected chi connectivity index (χ1v) is 11.6. The van der Waals surface area contributed by atoms with E-state index in [1.54, 1.807) is 12.1 Å². The molecule has 35 heavy (non-hydrogen) atoms. The summed E-state index contributed by atoms with van der Waals surface area (Å²) in [5, 5.41) is 31.4. The number of nitrogens with zero attached hydrogens (tertiary/aromatic N) is 1. The zero-order chi connectivity index (χ0) is 25.4. The van der Waals surface area contributed by atoms with Gasteiger partial charge in [0, 0.05) is 22.9 Å². The number of phenols is 3. The number of phenolic OH excluding ortho intramolecular Hbond substituents is 3.